The number of anilines is 1. The van der Waals surface area contributed by atoms with E-state index in [1.807, 2.05) is 30.3 Å². The number of para-hydroxylation sites is 1. The summed E-state index contributed by atoms with van der Waals surface area (Å²) in [5, 5.41) is 3.46. The van der Waals surface area contributed by atoms with Gasteiger partial charge in [0, 0.05) is 31.3 Å². The number of carbonyl (C=O) groups is 1. The third kappa shape index (κ3) is 6.15. The summed E-state index contributed by atoms with van der Waals surface area (Å²) in [5.41, 5.74) is 2.85. The molecule has 13 heteroatoms. The van der Waals surface area contributed by atoms with Crippen LogP contribution in [0.25, 0.3) is 22.0 Å². The maximum absolute atomic E-state index is 15.3. The summed E-state index contributed by atoms with van der Waals surface area (Å²) in [5.74, 6) is -3.69. The Morgan fingerprint density at radius 1 is 1.04 bits per heavy atom. The standard InChI is InChI=1S/C35H32F5N3O5/c1-19(46-3)29(41-33(44)32-27(36)14-22(15-28(32)37)43-10-11-47-18-31(43)35(38,39)40)13-20-8-9-23(26-17-48-16-25(20)26)24-12-21-6-4-5-7-30(21)42(2)34(24)45/h4-9,12,14-15,29,31H,1,10-11,13,16-18H2,2-3H3,(H,41,44)/t29-,31+/m0/s1. The molecule has 1 amide bonds. The van der Waals surface area contributed by atoms with Gasteiger partial charge in [0.25, 0.3) is 11.5 Å². The first-order chi connectivity index (χ1) is 22.9. The van der Waals surface area contributed by atoms with Crippen LogP contribution in [-0.4, -0.2) is 55.6 Å². The molecule has 4 aromatic rings. The predicted molar refractivity (Wildman–Crippen MR) is 169 cm³/mol. The molecule has 8 nitrogen and oxygen atoms in total. The van der Waals surface area contributed by atoms with Crippen molar-refractivity contribution in [2.45, 2.75) is 37.9 Å². The Balaban J connectivity index is 1.28. The lowest BCUT2D eigenvalue weighted by atomic mass is 9.90. The van der Waals surface area contributed by atoms with E-state index in [9.17, 15) is 22.8 Å². The highest BCUT2D eigenvalue weighted by atomic mass is 19.4. The fraction of sp³-hybridized carbons (Fsp3) is 0.314. The molecule has 1 fully saturated rings. The van der Waals surface area contributed by atoms with Gasteiger partial charge >= 0.3 is 6.18 Å². The van der Waals surface area contributed by atoms with Gasteiger partial charge in [0.05, 0.1) is 45.1 Å². The van der Waals surface area contributed by atoms with Gasteiger partial charge in [0.15, 0.2) is 0 Å². The second-order valence-electron chi connectivity index (χ2n) is 11.7. The molecule has 3 heterocycles. The van der Waals surface area contributed by atoms with Crippen LogP contribution in [0.15, 0.2) is 71.7 Å². The molecule has 0 saturated carbocycles. The van der Waals surface area contributed by atoms with Crippen LogP contribution in [0.2, 0.25) is 0 Å². The third-order valence-corrected chi connectivity index (χ3v) is 8.92. The first-order valence-corrected chi connectivity index (χ1v) is 15.1. The van der Waals surface area contributed by atoms with Crippen molar-refractivity contribution in [3.05, 3.63) is 111 Å². The van der Waals surface area contributed by atoms with Crippen LogP contribution < -0.4 is 15.8 Å². The van der Waals surface area contributed by atoms with Crippen LogP contribution in [0.4, 0.5) is 27.6 Å². The van der Waals surface area contributed by atoms with E-state index in [0.717, 1.165) is 32.5 Å². The number of alkyl halides is 3. The molecule has 3 aromatic carbocycles. The van der Waals surface area contributed by atoms with E-state index in [2.05, 4.69) is 11.9 Å². The lowest BCUT2D eigenvalue weighted by Crippen LogP contribution is -2.53. The monoisotopic (exact) mass is 669 g/mol. The van der Waals surface area contributed by atoms with Gasteiger partial charge in [-0.15, -0.1) is 0 Å². The molecule has 1 aromatic heterocycles. The maximum atomic E-state index is 15.3. The SMILES string of the molecule is C=C(OC)[C@H](Cc1ccc(-c2cc3ccccc3n(C)c2=O)c2c1COC2)NC(=O)c1c(F)cc(N2CCOC[C@@H]2C(F)(F)F)cc1F. The van der Waals surface area contributed by atoms with Gasteiger partial charge in [-0.2, -0.15) is 13.2 Å². The smallest absolute Gasteiger partial charge is 0.411 e. The minimum atomic E-state index is -4.70. The minimum absolute atomic E-state index is 0.0620. The molecule has 0 bridgehead atoms. The van der Waals surface area contributed by atoms with Gasteiger partial charge in [0.1, 0.15) is 29.0 Å². The predicted octanol–water partition coefficient (Wildman–Crippen LogP) is 5.78. The number of hydrogen-bond acceptors (Lipinski definition) is 6. The number of amides is 1. The van der Waals surface area contributed by atoms with Gasteiger partial charge in [-0.3, -0.25) is 9.59 Å². The molecule has 2 atom stereocenters. The summed E-state index contributed by atoms with van der Waals surface area (Å²) in [6, 6.07) is 11.4. The molecule has 252 valence electrons. The average molecular weight is 670 g/mol. The topological polar surface area (TPSA) is 82.0 Å². The zero-order valence-corrected chi connectivity index (χ0v) is 26.1. The number of aryl methyl sites for hydroxylation is 1. The molecule has 6 rings (SSSR count). The van der Waals surface area contributed by atoms with E-state index in [-0.39, 0.29) is 49.8 Å². The Bertz CT molecular complexity index is 1950. The number of benzene rings is 3. The second kappa shape index (κ2) is 13.0. The molecule has 0 aliphatic carbocycles. The van der Waals surface area contributed by atoms with E-state index >= 15 is 8.78 Å². The molecule has 0 spiro atoms. The van der Waals surface area contributed by atoms with Gasteiger partial charge in [-0.25, -0.2) is 8.78 Å². The fourth-order valence-corrected chi connectivity index (χ4v) is 6.36. The molecule has 2 aliphatic rings. The number of carbonyl (C=O) groups excluding carboxylic acids is 1. The zero-order chi connectivity index (χ0) is 34.3. The average Bonchev–Trinajstić information content (AvgIpc) is 3.56. The van der Waals surface area contributed by atoms with Gasteiger partial charge in [-0.05, 0) is 51.9 Å². The molecule has 2 aliphatic heterocycles. The fourth-order valence-electron chi connectivity index (χ4n) is 6.36. The molecular weight excluding hydrogens is 637 g/mol. The Morgan fingerprint density at radius 2 is 1.75 bits per heavy atom. The third-order valence-electron chi connectivity index (χ3n) is 8.92. The lowest BCUT2D eigenvalue weighted by Gasteiger charge is -2.38. The molecule has 0 unspecified atom stereocenters. The molecule has 1 saturated heterocycles. The lowest BCUT2D eigenvalue weighted by molar-refractivity contribution is -0.167. The van der Waals surface area contributed by atoms with Crippen LogP contribution in [0.5, 0.6) is 0 Å². The summed E-state index contributed by atoms with van der Waals surface area (Å²) in [7, 11) is 3.05. The summed E-state index contributed by atoms with van der Waals surface area (Å²) in [6.45, 7) is 3.34. The number of pyridine rings is 1. The number of hydrogen-bond donors (Lipinski definition) is 1. The highest BCUT2D eigenvalue weighted by molar-refractivity contribution is 5.95. The summed E-state index contributed by atoms with van der Waals surface area (Å²) in [6.07, 6.45) is -4.60. The number of rotatable bonds is 8. The first-order valence-electron chi connectivity index (χ1n) is 15.1. The maximum Gasteiger partial charge on any atom is 0.411 e. The Morgan fingerprint density at radius 3 is 2.46 bits per heavy atom. The van der Waals surface area contributed by atoms with Gasteiger partial charge in [-0.1, -0.05) is 36.9 Å². The van der Waals surface area contributed by atoms with Crippen molar-refractivity contribution in [3.63, 3.8) is 0 Å². The second-order valence-corrected chi connectivity index (χ2v) is 11.7. The quantitative estimate of drug-likeness (QED) is 0.189. The Labute approximate surface area is 272 Å². The van der Waals surface area contributed by atoms with Crippen LogP contribution in [-0.2, 0) is 40.9 Å². The molecule has 48 heavy (non-hydrogen) atoms. The number of methoxy groups -OCH3 is 1. The van der Waals surface area contributed by atoms with Crippen molar-refractivity contribution in [2.24, 2.45) is 7.05 Å². The molecular formula is C35H32F5N3O5. The summed E-state index contributed by atoms with van der Waals surface area (Å²) >= 11 is 0. The van der Waals surface area contributed by atoms with E-state index in [0.29, 0.717) is 23.3 Å². The number of aromatic nitrogens is 1. The highest BCUT2D eigenvalue weighted by Crippen LogP contribution is 2.35. The number of morpholine rings is 1. The molecule has 0 radical (unpaired) electrons. The number of ether oxygens (including phenoxy) is 3. The number of halogens is 5. The van der Waals surface area contributed by atoms with Crippen molar-refractivity contribution >= 4 is 22.5 Å². The number of fused-ring (bicyclic) bond motifs is 2. The van der Waals surface area contributed by atoms with Crippen molar-refractivity contribution in [2.75, 3.05) is 31.8 Å². The van der Waals surface area contributed by atoms with Crippen molar-refractivity contribution in [1.82, 2.24) is 9.88 Å². The minimum Gasteiger partial charge on any atom is -0.500 e. The number of nitrogens with zero attached hydrogens (tertiary/aromatic N) is 2. The van der Waals surface area contributed by atoms with E-state index in [4.69, 9.17) is 14.2 Å². The molecule has 1 N–H and O–H groups in total. The highest BCUT2D eigenvalue weighted by Gasteiger charge is 2.46. The normalized spacial score (nSPS) is 16.9. The Hall–Kier alpha value is -4.75. The van der Waals surface area contributed by atoms with Crippen LogP contribution in [0, 0.1) is 11.6 Å². The van der Waals surface area contributed by atoms with E-state index in [1.54, 1.807) is 23.7 Å². The zero-order valence-electron chi connectivity index (χ0n) is 26.1. The summed E-state index contributed by atoms with van der Waals surface area (Å²) in [4.78, 5) is 27.5. The van der Waals surface area contributed by atoms with E-state index in [1.165, 1.54) is 7.11 Å². The number of nitrogens with one attached hydrogen (secondary N) is 1. The van der Waals surface area contributed by atoms with Gasteiger partial charge < -0.3 is 29.0 Å². The van der Waals surface area contributed by atoms with Crippen molar-refractivity contribution in [1.29, 1.82) is 0 Å². The summed E-state index contributed by atoms with van der Waals surface area (Å²) < 4.78 is 89.0. The van der Waals surface area contributed by atoms with Gasteiger partial charge in [0.2, 0.25) is 0 Å². The van der Waals surface area contributed by atoms with Crippen LogP contribution in [0.1, 0.15) is 27.0 Å². The van der Waals surface area contributed by atoms with Crippen molar-refractivity contribution in [3.8, 4) is 11.1 Å². The Kier molecular flexibility index (Phi) is 9.01. The van der Waals surface area contributed by atoms with Crippen LogP contribution >= 0.6 is 0 Å². The van der Waals surface area contributed by atoms with Crippen molar-refractivity contribution < 1.29 is 41.0 Å². The van der Waals surface area contributed by atoms with Crippen LogP contribution in [0.3, 0.4) is 0 Å². The largest absolute Gasteiger partial charge is 0.500 e. The first kappa shape index (κ1) is 33.2. The van der Waals surface area contributed by atoms with E-state index < -0.39 is 48.0 Å².